The summed E-state index contributed by atoms with van der Waals surface area (Å²) in [5.74, 6) is 1.68. The molecule has 0 aromatic heterocycles. The molecular weight excluding hydrogens is 230 g/mol. The molecule has 17 heavy (non-hydrogen) atoms. The van der Waals surface area contributed by atoms with Crippen molar-refractivity contribution in [2.24, 2.45) is 5.73 Å². The first-order valence-electron chi connectivity index (χ1n) is 6.29. The minimum absolute atomic E-state index is 0.294. The van der Waals surface area contributed by atoms with Gasteiger partial charge in [-0.3, -0.25) is 0 Å². The van der Waals surface area contributed by atoms with Crippen molar-refractivity contribution in [1.82, 2.24) is 0 Å². The Labute approximate surface area is 108 Å². The van der Waals surface area contributed by atoms with Crippen molar-refractivity contribution in [3.05, 3.63) is 29.8 Å². The molecule has 0 bridgehead atoms. The highest BCUT2D eigenvalue weighted by atomic mass is 32.2. The predicted molar refractivity (Wildman–Crippen MR) is 73.6 cm³/mol. The maximum Gasteiger partial charge on any atom is 0.0462 e. The van der Waals surface area contributed by atoms with Gasteiger partial charge in [-0.1, -0.05) is 18.2 Å². The van der Waals surface area contributed by atoms with Gasteiger partial charge in [-0.25, -0.2) is 0 Å². The zero-order chi connectivity index (χ0) is 12.1. The van der Waals surface area contributed by atoms with E-state index in [9.17, 15) is 0 Å². The predicted octanol–water partition coefficient (Wildman–Crippen LogP) is 3.02. The number of benzene rings is 1. The van der Waals surface area contributed by atoms with Gasteiger partial charge in [0.25, 0.3) is 0 Å². The Kier molecular flexibility index (Phi) is 4.89. The summed E-state index contributed by atoms with van der Waals surface area (Å²) < 4.78 is 5.06. The average molecular weight is 251 g/mol. The van der Waals surface area contributed by atoms with Crippen LogP contribution in [0.25, 0.3) is 0 Å². The molecular formula is C14H21NOS. The lowest BCUT2D eigenvalue weighted by Crippen LogP contribution is -2.28. The Balaban J connectivity index is 1.87. The fraction of sp³-hybridized carbons (Fsp3) is 0.571. The second-order valence-corrected chi connectivity index (χ2v) is 5.67. The Morgan fingerprint density at radius 2 is 2.24 bits per heavy atom. The molecule has 0 spiro atoms. The zero-order valence-electron chi connectivity index (χ0n) is 10.4. The average Bonchev–Trinajstić information content (AvgIpc) is 2.78. The van der Waals surface area contributed by atoms with E-state index < -0.39 is 0 Å². The molecule has 0 saturated carbocycles. The fourth-order valence-corrected chi connectivity index (χ4v) is 3.72. The minimum Gasteiger partial charge on any atom is -0.385 e. The van der Waals surface area contributed by atoms with Crippen molar-refractivity contribution >= 4 is 11.8 Å². The van der Waals surface area contributed by atoms with E-state index in [1.807, 2.05) is 11.8 Å². The van der Waals surface area contributed by atoms with Crippen molar-refractivity contribution in [1.29, 1.82) is 0 Å². The molecule has 2 N–H and O–H groups in total. The number of hydrogen-bond acceptors (Lipinski definition) is 3. The normalized spacial score (nSPS) is 20.2. The molecule has 0 aliphatic carbocycles. The van der Waals surface area contributed by atoms with Crippen LogP contribution in [-0.2, 0) is 4.74 Å². The smallest absolute Gasteiger partial charge is 0.0462 e. The SMILES string of the molecule is COCCCCC(N)C1CSc2ccccc21. The van der Waals surface area contributed by atoms with E-state index in [2.05, 4.69) is 24.3 Å². The van der Waals surface area contributed by atoms with Gasteiger partial charge in [0.2, 0.25) is 0 Å². The van der Waals surface area contributed by atoms with Crippen LogP contribution in [0.3, 0.4) is 0 Å². The monoisotopic (exact) mass is 251 g/mol. The summed E-state index contributed by atoms with van der Waals surface area (Å²) in [4.78, 5) is 1.42. The number of fused-ring (bicyclic) bond motifs is 1. The van der Waals surface area contributed by atoms with Gasteiger partial charge in [-0.05, 0) is 30.9 Å². The largest absolute Gasteiger partial charge is 0.385 e. The molecule has 1 heterocycles. The van der Waals surface area contributed by atoms with Crippen LogP contribution in [0.15, 0.2) is 29.2 Å². The van der Waals surface area contributed by atoms with E-state index in [1.54, 1.807) is 7.11 Å². The highest BCUT2D eigenvalue weighted by molar-refractivity contribution is 7.99. The first-order valence-corrected chi connectivity index (χ1v) is 7.27. The molecule has 0 amide bonds. The first kappa shape index (κ1) is 12.9. The third kappa shape index (κ3) is 3.24. The fourth-order valence-electron chi connectivity index (χ4n) is 2.37. The molecule has 2 nitrogen and oxygen atoms in total. The van der Waals surface area contributed by atoms with Gasteiger partial charge in [0.15, 0.2) is 0 Å². The van der Waals surface area contributed by atoms with Crippen molar-refractivity contribution in [3.63, 3.8) is 0 Å². The summed E-state index contributed by atoms with van der Waals surface area (Å²) in [6, 6.07) is 8.96. The van der Waals surface area contributed by atoms with E-state index in [4.69, 9.17) is 10.5 Å². The number of ether oxygens (including phenoxy) is 1. The Morgan fingerprint density at radius 1 is 1.41 bits per heavy atom. The summed E-state index contributed by atoms with van der Waals surface area (Å²) in [5, 5.41) is 0. The van der Waals surface area contributed by atoms with Crippen LogP contribution in [0, 0.1) is 0 Å². The molecule has 2 rings (SSSR count). The van der Waals surface area contributed by atoms with Gasteiger partial charge in [-0.15, -0.1) is 11.8 Å². The maximum atomic E-state index is 6.32. The third-order valence-electron chi connectivity index (χ3n) is 3.39. The molecule has 2 unspecified atom stereocenters. The quantitative estimate of drug-likeness (QED) is 0.789. The molecule has 0 saturated heterocycles. The number of hydrogen-bond donors (Lipinski definition) is 1. The Bertz CT molecular complexity index is 356. The molecule has 2 atom stereocenters. The van der Waals surface area contributed by atoms with E-state index >= 15 is 0 Å². The lowest BCUT2D eigenvalue weighted by molar-refractivity contribution is 0.191. The second-order valence-electron chi connectivity index (χ2n) is 4.61. The molecule has 0 radical (unpaired) electrons. The number of rotatable bonds is 6. The highest BCUT2D eigenvalue weighted by Gasteiger charge is 2.27. The van der Waals surface area contributed by atoms with Crippen LogP contribution in [0.1, 0.15) is 30.7 Å². The van der Waals surface area contributed by atoms with E-state index in [0.717, 1.165) is 25.2 Å². The summed E-state index contributed by atoms with van der Waals surface area (Å²) in [7, 11) is 1.75. The van der Waals surface area contributed by atoms with Crippen LogP contribution in [0.5, 0.6) is 0 Å². The lowest BCUT2D eigenvalue weighted by atomic mass is 9.91. The number of unbranched alkanes of at least 4 members (excludes halogenated alkanes) is 1. The summed E-state index contributed by atoms with van der Waals surface area (Å²) in [6.07, 6.45) is 3.38. The lowest BCUT2D eigenvalue weighted by Gasteiger charge is -2.19. The maximum absolute atomic E-state index is 6.32. The first-order chi connectivity index (χ1) is 8.33. The van der Waals surface area contributed by atoms with E-state index in [0.29, 0.717) is 12.0 Å². The zero-order valence-corrected chi connectivity index (χ0v) is 11.2. The van der Waals surface area contributed by atoms with Gasteiger partial charge in [0, 0.05) is 36.3 Å². The van der Waals surface area contributed by atoms with E-state index in [1.165, 1.54) is 16.9 Å². The summed E-state index contributed by atoms with van der Waals surface area (Å²) in [5.41, 5.74) is 7.78. The van der Waals surface area contributed by atoms with Crippen molar-refractivity contribution in [2.75, 3.05) is 19.5 Å². The van der Waals surface area contributed by atoms with Gasteiger partial charge < -0.3 is 10.5 Å². The van der Waals surface area contributed by atoms with Crippen LogP contribution in [0.4, 0.5) is 0 Å². The molecule has 1 aromatic carbocycles. The van der Waals surface area contributed by atoms with Gasteiger partial charge in [0.05, 0.1) is 0 Å². The van der Waals surface area contributed by atoms with Crippen LogP contribution >= 0.6 is 11.8 Å². The molecule has 0 fully saturated rings. The standard InChI is InChI=1S/C14H21NOS/c1-16-9-5-4-7-13(15)12-10-17-14-8-3-2-6-11(12)14/h2-3,6,8,12-13H,4-5,7,9-10,15H2,1H3. The molecule has 1 aromatic rings. The van der Waals surface area contributed by atoms with Crippen molar-refractivity contribution in [3.8, 4) is 0 Å². The van der Waals surface area contributed by atoms with E-state index in [-0.39, 0.29) is 0 Å². The molecule has 1 aliphatic rings. The molecule has 1 aliphatic heterocycles. The number of methoxy groups -OCH3 is 1. The van der Waals surface area contributed by atoms with Crippen LogP contribution < -0.4 is 5.73 Å². The topological polar surface area (TPSA) is 35.2 Å². The van der Waals surface area contributed by atoms with Gasteiger partial charge >= 0.3 is 0 Å². The Morgan fingerprint density at radius 3 is 3.06 bits per heavy atom. The number of nitrogens with two attached hydrogens (primary N) is 1. The summed E-state index contributed by atoms with van der Waals surface area (Å²) >= 11 is 1.94. The number of thioether (sulfide) groups is 1. The third-order valence-corrected chi connectivity index (χ3v) is 4.60. The highest BCUT2D eigenvalue weighted by Crippen LogP contribution is 2.41. The Hall–Kier alpha value is -0.510. The van der Waals surface area contributed by atoms with Crippen LogP contribution in [0.2, 0.25) is 0 Å². The van der Waals surface area contributed by atoms with Crippen molar-refractivity contribution < 1.29 is 4.74 Å². The van der Waals surface area contributed by atoms with Gasteiger partial charge in [-0.2, -0.15) is 0 Å². The second kappa shape index (κ2) is 6.43. The van der Waals surface area contributed by atoms with Crippen molar-refractivity contribution in [2.45, 2.75) is 36.1 Å². The van der Waals surface area contributed by atoms with Crippen LogP contribution in [-0.4, -0.2) is 25.5 Å². The summed E-state index contributed by atoms with van der Waals surface area (Å²) in [6.45, 7) is 0.850. The van der Waals surface area contributed by atoms with Gasteiger partial charge in [0.1, 0.15) is 0 Å². The molecule has 94 valence electrons. The molecule has 3 heteroatoms. The minimum atomic E-state index is 0.294.